The molecule has 0 amide bonds. The van der Waals surface area contributed by atoms with Gasteiger partial charge in [-0.3, -0.25) is 4.79 Å². The lowest BCUT2D eigenvalue weighted by Gasteiger charge is -2.09. The maximum atomic E-state index is 13.0. The van der Waals surface area contributed by atoms with E-state index in [1.165, 1.54) is 18.2 Å². The van der Waals surface area contributed by atoms with Crippen LogP contribution in [0.15, 0.2) is 57.7 Å². The Balaban J connectivity index is 1.75. The van der Waals surface area contributed by atoms with Crippen molar-refractivity contribution in [2.45, 2.75) is 13.1 Å². The van der Waals surface area contributed by atoms with Crippen LogP contribution in [0.3, 0.4) is 0 Å². The third kappa shape index (κ3) is 4.15. The van der Waals surface area contributed by atoms with Crippen molar-refractivity contribution in [3.63, 3.8) is 0 Å². The molecule has 1 N–H and O–H groups in total. The van der Waals surface area contributed by atoms with Crippen LogP contribution in [0.25, 0.3) is 33.9 Å². The van der Waals surface area contributed by atoms with Gasteiger partial charge in [0.2, 0.25) is 0 Å². The van der Waals surface area contributed by atoms with Crippen LogP contribution in [-0.4, -0.2) is 9.97 Å². The first-order chi connectivity index (χ1) is 15.2. The highest BCUT2D eigenvalue weighted by Gasteiger charge is 2.31. The fourth-order valence-corrected chi connectivity index (χ4v) is 3.35. The Morgan fingerprint density at radius 3 is 2.69 bits per heavy atom. The average Bonchev–Trinajstić information content (AvgIpc) is 3.19. The number of rotatable bonds is 3. The normalized spacial score (nSPS) is 12.2. The molecule has 0 unspecified atom stereocenters. The number of hydrogen-bond acceptors (Lipinski definition) is 4. The summed E-state index contributed by atoms with van der Waals surface area (Å²) in [4.78, 5) is 19.3. The number of hydrogen-bond donors (Lipinski definition) is 1. The van der Waals surface area contributed by atoms with Crippen molar-refractivity contribution >= 4 is 34.2 Å². The summed E-state index contributed by atoms with van der Waals surface area (Å²) in [7, 11) is 0. The Bertz CT molecular complexity index is 1480. The molecule has 2 aromatic heterocycles. The summed E-state index contributed by atoms with van der Waals surface area (Å²) in [6.07, 6.45) is -3.19. The fourth-order valence-electron chi connectivity index (χ4n) is 3.14. The fraction of sp³-hybridized carbons (Fsp3) is 0.0870. The van der Waals surface area contributed by atoms with Gasteiger partial charge in [0.05, 0.1) is 27.1 Å². The van der Waals surface area contributed by atoms with Crippen molar-refractivity contribution in [2.24, 2.45) is 0 Å². The van der Waals surface area contributed by atoms with Crippen LogP contribution >= 0.6 is 11.6 Å². The Morgan fingerprint density at radius 2 is 1.97 bits per heavy atom. The molecule has 0 aliphatic rings. The standard InChI is InChI=1S/C23H13ClF3N3O2/c1-12-2-5-16-19(8-12)29-21(30-22(16)31)13(11-28)9-15-4-7-20(32-15)17-10-14(23(25,26)27)3-6-18(17)24/h2-10H,1H3,(H,29,30,31). The molecule has 5 nitrogen and oxygen atoms in total. The monoisotopic (exact) mass is 455 g/mol. The summed E-state index contributed by atoms with van der Waals surface area (Å²) in [6.45, 7) is 1.85. The number of benzene rings is 2. The topological polar surface area (TPSA) is 82.7 Å². The summed E-state index contributed by atoms with van der Waals surface area (Å²) in [5, 5.41) is 10.1. The molecule has 0 saturated heterocycles. The van der Waals surface area contributed by atoms with Gasteiger partial charge in [0.1, 0.15) is 17.6 Å². The number of nitrogens with one attached hydrogen (secondary N) is 1. The number of nitrogens with zero attached hydrogens (tertiary/aromatic N) is 2. The number of aromatic nitrogens is 2. The van der Waals surface area contributed by atoms with Crippen LogP contribution in [0.5, 0.6) is 0 Å². The highest BCUT2D eigenvalue weighted by Crippen LogP contribution is 2.36. The summed E-state index contributed by atoms with van der Waals surface area (Å²) in [5.41, 5.74) is 0.144. The number of alkyl halides is 3. The first-order valence-corrected chi connectivity index (χ1v) is 9.63. The molecule has 0 aliphatic heterocycles. The lowest BCUT2D eigenvalue weighted by molar-refractivity contribution is -0.137. The van der Waals surface area contributed by atoms with Crippen LogP contribution in [0.4, 0.5) is 13.2 Å². The Morgan fingerprint density at radius 1 is 1.19 bits per heavy atom. The zero-order valence-electron chi connectivity index (χ0n) is 16.4. The minimum Gasteiger partial charge on any atom is -0.457 e. The smallest absolute Gasteiger partial charge is 0.416 e. The summed E-state index contributed by atoms with van der Waals surface area (Å²) in [6, 6.07) is 13.0. The Kier molecular flexibility index (Phi) is 5.36. The predicted octanol–water partition coefficient (Wildman–Crippen LogP) is 6.23. The first-order valence-electron chi connectivity index (χ1n) is 9.25. The van der Waals surface area contributed by atoms with Gasteiger partial charge in [-0.1, -0.05) is 17.7 Å². The van der Waals surface area contributed by atoms with Crippen LogP contribution < -0.4 is 5.56 Å². The minimum atomic E-state index is -4.53. The van der Waals surface area contributed by atoms with E-state index >= 15 is 0 Å². The van der Waals surface area contributed by atoms with Crippen molar-refractivity contribution in [1.29, 1.82) is 5.26 Å². The summed E-state index contributed by atoms with van der Waals surface area (Å²) >= 11 is 6.06. The van der Waals surface area contributed by atoms with Gasteiger partial charge >= 0.3 is 6.18 Å². The lowest BCUT2D eigenvalue weighted by Crippen LogP contribution is -2.11. The molecule has 0 spiro atoms. The van der Waals surface area contributed by atoms with Gasteiger partial charge in [0.15, 0.2) is 5.82 Å². The number of aryl methyl sites for hydroxylation is 1. The van der Waals surface area contributed by atoms with Gasteiger partial charge in [-0.15, -0.1) is 0 Å². The van der Waals surface area contributed by atoms with Crippen LogP contribution in [-0.2, 0) is 6.18 Å². The molecule has 0 radical (unpaired) electrons. The van der Waals surface area contributed by atoms with Crippen molar-refractivity contribution in [3.05, 3.63) is 86.6 Å². The highest BCUT2D eigenvalue weighted by atomic mass is 35.5. The van der Waals surface area contributed by atoms with Crippen molar-refractivity contribution < 1.29 is 17.6 Å². The van der Waals surface area contributed by atoms with E-state index in [9.17, 15) is 23.2 Å². The maximum absolute atomic E-state index is 13.0. The van der Waals surface area contributed by atoms with Crippen LogP contribution in [0.1, 0.15) is 22.7 Å². The number of H-pyrrole nitrogens is 1. The number of fused-ring (bicyclic) bond motifs is 1. The average molecular weight is 456 g/mol. The molecular weight excluding hydrogens is 443 g/mol. The Hall–Kier alpha value is -3.83. The number of allylic oxidation sites excluding steroid dienone is 1. The predicted molar refractivity (Wildman–Crippen MR) is 115 cm³/mol. The molecule has 0 fully saturated rings. The summed E-state index contributed by atoms with van der Waals surface area (Å²) in [5.74, 6) is 0.322. The van der Waals surface area contributed by atoms with Crippen molar-refractivity contribution in [1.82, 2.24) is 9.97 Å². The third-order valence-electron chi connectivity index (χ3n) is 4.71. The second kappa shape index (κ2) is 8.02. The zero-order valence-corrected chi connectivity index (χ0v) is 17.2. The van der Waals surface area contributed by atoms with Crippen molar-refractivity contribution in [2.75, 3.05) is 0 Å². The molecule has 9 heteroatoms. The van der Waals surface area contributed by atoms with Crippen molar-refractivity contribution in [3.8, 4) is 17.4 Å². The largest absolute Gasteiger partial charge is 0.457 e. The first kappa shape index (κ1) is 21.4. The number of aromatic amines is 1. The van der Waals surface area contributed by atoms with Gasteiger partial charge in [-0.05, 0) is 55.0 Å². The molecule has 0 aliphatic carbocycles. The maximum Gasteiger partial charge on any atom is 0.416 e. The molecule has 2 aromatic carbocycles. The number of nitriles is 1. The SMILES string of the molecule is Cc1ccc2c(=O)[nH]c(C(C#N)=Cc3ccc(-c4cc(C(F)(F)F)ccc4Cl)o3)nc2c1. The van der Waals surface area contributed by atoms with E-state index in [0.29, 0.717) is 10.9 Å². The molecular formula is C23H13ClF3N3O2. The van der Waals surface area contributed by atoms with Crippen LogP contribution in [0, 0.1) is 18.3 Å². The second-order valence-corrected chi connectivity index (χ2v) is 7.41. The van der Waals surface area contributed by atoms with Gasteiger partial charge < -0.3 is 9.40 Å². The highest BCUT2D eigenvalue weighted by molar-refractivity contribution is 6.33. The molecule has 4 rings (SSSR count). The van der Waals surface area contributed by atoms with E-state index in [1.54, 1.807) is 18.2 Å². The molecule has 0 saturated carbocycles. The molecule has 4 aromatic rings. The number of furan rings is 1. The Labute approximate surface area is 184 Å². The minimum absolute atomic E-state index is 0.0153. The molecule has 2 heterocycles. The van der Waals surface area contributed by atoms with Gasteiger partial charge in [-0.2, -0.15) is 18.4 Å². The van der Waals surface area contributed by atoms with Gasteiger partial charge in [0.25, 0.3) is 5.56 Å². The summed E-state index contributed by atoms with van der Waals surface area (Å²) < 4.78 is 44.7. The third-order valence-corrected chi connectivity index (χ3v) is 5.04. The van der Waals surface area contributed by atoms with E-state index in [1.807, 2.05) is 13.0 Å². The van der Waals surface area contributed by atoms with Gasteiger partial charge in [0, 0.05) is 11.6 Å². The molecule has 160 valence electrons. The van der Waals surface area contributed by atoms with E-state index in [4.69, 9.17) is 16.0 Å². The van der Waals surface area contributed by atoms with E-state index in [2.05, 4.69) is 9.97 Å². The lowest BCUT2D eigenvalue weighted by atomic mass is 10.1. The van der Waals surface area contributed by atoms with Gasteiger partial charge in [-0.25, -0.2) is 4.98 Å². The van der Waals surface area contributed by atoms with Crippen LogP contribution in [0.2, 0.25) is 5.02 Å². The molecule has 0 bridgehead atoms. The van der Waals surface area contributed by atoms with E-state index < -0.39 is 17.3 Å². The zero-order chi connectivity index (χ0) is 23.0. The molecule has 0 atom stereocenters. The second-order valence-electron chi connectivity index (χ2n) is 7.00. The number of halogens is 4. The van der Waals surface area contributed by atoms with E-state index in [-0.39, 0.29) is 33.5 Å². The quantitative estimate of drug-likeness (QED) is 0.371. The van der Waals surface area contributed by atoms with E-state index in [0.717, 1.165) is 23.8 Å². The molecule has 32 heavy (non-hydrogen) atoms.